The molecule has 0 radical (unpaired) electrons. The van der Waals surface area contributed by atoms with E-state index >= 15 is 0 Å². The van der Waals surface area contributed by atoms with Crippen LogP contribution in [-0.2, 0) is 9.31 Å². The molecule has 4 nitrogen and oxygen atoms in total. The smallest absolute Gasteiger partial charge is 0.402 e. The van der Waals surface area contributed by atoms with Crippen molar-refractivity contribution < 1.29 is 9.31 Å². The first-order valence-electron chi connectivity index (χ1n) is 5.58. The van der Waals surface area contributed by atoms with Gasteiger partial charge in [0, 0.05) is 11.9 Å². The zero-order valence-electron chi connectivity index (χ0n) is 10.3. The van der Waals surface area contributed by atoms with Gasteiger partial charge in [0.2, 0.25) is 0 Å². The average Bonchev–Trinajstić information content (AvgIpc) is 2.72. The van der Waals surface area contributed by atoms with Crippen LogP contribution in [0.15, 0.2) is 18.3 Å². The first kappa shape index (κ1) is 11.7. The molecule has 0 unspecified atom stereocenters. The van der Waals surface area contributed by atoms with E-state index in [1.54, 1.807) is 0 Å². The van der Waals surface area contributed by atoms with Gasteiger partial charge >= 0.3 is 7.12 Å². The van der Waals surface area contributed by atoms with E-state index in [0.717, 1.165) is 5.69 Å². The molecule has 1 aromatic rings. The molecule has 16 heavy (non-hydrogen) atoms. The number of rotatable bonds is 2. The lowest BCUT2D eigenvalue weighted by atomic mass is 9.77. The van der Waals surface area contributed by atoms with Crippen LogP contribution < -0.4 is 5.73 Å². The molecule has 0 bridgehead atoms. The summed E-state index contributed by atoms with van der Waals surface area (Å²) in [5.74, 6) is -0.281. The lowest BCUT2D eigenvalue weighted by molar-refractivity contribution is 0.00578. The fraction of sp³-hybridized carbons (Fsp3) is 0.636. The fourth-order valence-electron chi connectivity index (χ4n) is 1.73. The van der Waals surface area contributed by atoms with Crippen LogP contribution in [0.5, 0.6) is 0 Å². The van der Waals surface area contributed by atoms with E-state index in [1.807, 2.05) is 46.0 Å². The van der Waals surface area contributed by atoms with Crippen LogP contribution in [0.2, 0.25) is 0 Å². The Labute approximate surface area is 96.6 Å². The van der Waals surface area contributed by atoms with E-state index < -0.39 is 7.12 Å². The van der Waals surface area contributed by atoms with E-state index in [-0.39, 0.29) is 17.1 Å². The molecule has 0 spiro atoms. The minimum atomic E-state index is -0.399. The van der Waals surface area contributed by atoms with Crippen LogP contribution >= 0.6 is 0 Å². The van der Waals surface area contributed by atoms with Gasteiger partial charge in [0.15, 0.2) is 0 Å². The van der Waals surface area contributed by atoms with Gasteiger partial charge in [0.25, 0.3) is 0 Å². The average molecular weight is 222 g/mol. The fourth-order valence-corrected chi connectivity index (χ4v) is 1.73. The molecular weight excluding hydrogens is 203 g/mol. The normalized spacial score (nSPS) is 24.7. The molecule has 1 aliphatic rings. The van der Waals surface area contributed by atoms with Crippen molar-refractivity contribution in [2.45, 2.75) is 44.8 Å². The van der Waals surface area contributed by atoms with E-state index in [9.17, 15) is 0 Å². The first-order valence-corrected chi connectivity index (χ1v) is 5.58. The van der Waals surface area contributed by atoms with Crippen molar-refractivity contribution in [1.29, 1.82) is 0 Å². The second kappa shape index (κ2) is 3.62. The van der Waals surface area contributed by atoms with Crippen LogP contribution in [0.4, 0.5) is 0 Å². The van der Waals surface area contributed by atoms with Gasteiger partial charge in [-0.1, -0.05) is 0 Å². The molecule has 2 heterocycles. The number of nitrogens with two attached hydrogens (primary N) is 1. The van der Waals surface area contributed by atoms with Crippen molar-refractivity contribution in [2.24, 2.45) is 5.73 Å². The minimum absolute atomic E-state index is 0.281. The zero-order valence-corrected chi connectivity index (χ0v) is 10.3. The number of hydrogen-bond acceptors (Lipinski definition) is 3. The van der Waals surface area contributed by atoms with Gasteiger partial charge < -0.3 is 20.0 Å². The SMILES string of the molecule is CC1(C)OB([C@H](N)c2ccc[nH]2)OC1(C)C. The number of nitrogens with one attached hydrogen (secondary N) is 1. The zero-order chi connectivity index (χ0) is 12.0. The van der Waals surface area contributed by atoms with Gasteiger partial charge in [-0.25, -0.2) is 0 Å². The van der Waals surface area contributed by atoms with Gasteiger partial charge in [-0.3, -0.25) is 0 Å². The molecule has 1 atom stereocenters. The quantitative estimate of drug-likeness (QED) is 0.748. The molecular formula is C11H19BN2O2. The Kier molecular flexibility index (Phi) is 2.65. The summed E-state index contributed by atoms with van der Waals surface area (Å²) < 4.78 is 11.8. The number of H-pyrrole nitrogens is 1. The molecule has 1 fully saturated rings. The Hall–Kier alpha value is -0.775. The summed E-state index contributed by atoms with van der Waals surface area (Å²) in [4.78, 5) is 3.08. The van der Waals surface area contributed by atoms with E-state index in [4.69, 9.17) is 15.0 Å². The van der Waals surface area contributed by atoms with E-state index in [1.165, 1.54) is 0 Å². The van der Waals surface area contributed by atoms with Crippen molar-refractivity contribution >= 4 is 7.12 Å². The lowest BCUT2D eigenvalue weighted by Crippen LogP contribution is -2.41. The van der Waals surface area contributed by atoms with Crippen LogP contribution in [-0.4, -0.2) is 23.3 Å². The summed E-state index contributed by atoms with van der Waals surface area (Å²) >= 11 is 0. The number of aromatic nitrogens is 1. The van der Waals surface area contributed by atoms with Crippen molar-refractivity contribution in [1.82, 2.24) is 4.98 Å². The number of aromatic amines is 1. The summed E-state index contributed by atoms with van der Waals surface area (Å²) in [6, 6.07) is 3.86. The molecule has 1 aromatic heterocycles. The molecule has 1 saturated heterocycles. The highest BCUT2D eigenvalue weighted by molar-refractivity contribution is 6.47. The van der Waals surface area contributed by atoms with Gasteiger partial charge in [-0.15, -0.1) is 0 Å². The molecule has 3 N–H and O–H groups in total. The topological polar surface area (TPSA) is 60.3 Å². The second-order valence-electron chi connectivity index (χ2n) is 5.28. The Morgan fingerprint density at radius 1 is 1.25 bits per heavy atom. The van der Waals surface area contributed by atoms with Gasteiger partial charge in [0.05, 0.1) is 17.1 Å². The predicted molar refractivity (Wildman–Crippen MR) is 63.8 cm³/mol. The molecule has 0 amide bonds. The minimum Gasteiger partial charge on any atom is -0.402 e. The Balaban J connectivity index is 2.15. The molecule has 2 rings (SSSR count). The van der Waals surface area contributed by atoms with Crippen LogP contribution in [0.3, 0.4) is 0 Å². The molecule has 88 valence electrons. The van der Waals surface area contributed by atoms with Gasteiger partial charge in [-0.05, 0) is 39.8 Å². The van der Waals surface area contributed by atoms with E-state index in [0.29, 0.717) is 0 Å². The van der Waals surface area contributed by atoms with E-state index in [2.05, 4.69) is 4.98 Å². The Bertz CT molecular complexity index is 346. The Morgan fingerprint density at radius 2 is 1.81 bits per heavy atom. The van der Waals surface area contributed by atoms with Crippen molar-refractivity contribution in [2.75, 3.05) is 0 Å². The second-order valence-corrected chi connectivity index (χ2v) is 5.28. The third-order valence-corrected chi connectivity index (χ3v) is 3.55. The summed E-state index contributed by atoms with van der Waals surface area (Å²) in [5, 5.41) is 0. The molecule has 0 aliphatic carbocycles. The summed E-state index contributed by atoms with van der Waals surface area (Å²) in [6.07, 6.45) is 1.85. The molecule has 1 aliphatic heterocycles. The maximum Gasteiger partial charge on any atom is 0.482 e. The molecule has 5 heteroatoms. The largest absolute Gasteiger partial charge is 0.482 e. The van der Waals surface area contributed by atoms with Crippen molar-refractivity contribution in [3.8, 4) is 0 Å². The maximum atomic E-state index is 6.11. The van der Waals surface area contributed by atoms with Crippen molar-refractivity contribution in [3.63, 3.8) is 0 Å². The Morgan fingerprint density at radius 3 is 2.25 bits per heavy atom. The van der Waals surface area contributed by atoms with Crippen LogP contribution in [0.25, 0.3) is 0 Å². The summed E-state index contributed by atoms with van der Waals surface area (Å²) in [6.45, 7) is 8.09. The van der Waals surface area contributed by atoms with Gasteiger partial charge in [0.1, 0.15) is 0 Å². The molecule has 0 saturated carbocycles. The highest BCUT2D eigenvalue weighted by Crippen LogP contribution is 2.39. The number of hydrogen-bond donors (Lipinski definition) is 2. The highest BCUT2D eigenvalue weighted by atomic mass is 16.7. The molecule has 0 aromatic carbocycles. The lowest BCUT2D eigenvalue weighted by Gasteiger charge is -2.32. The summed E-state index contributed by atoms with van der Waals surface area (Å²) in [7, 11) is -0.399. The third kappa shape index (κ3) is 1.79. The van der Waals surface area contributed by atoms with Crippen LogP contribution in [0, 0.1) is 0 Å². The van der Waals surface area contributed by atoms with Crippen LogP contribution in [0.1, 0.15) is 39.3 Å². The van der Waals surface area contributed by atoms with Crippen molar-refractivity contribution in [3.05, 3.63) is 24.0 Å². The third-order valence-electron chi connectivity index (χ3n) is 3.55. The van der Waals surface area contributed by atoms with Gasteiger partial charge in [-0.2, -0.15) is 0 Å². The standard InChI is InChI=1S/C11H19BN2O2/c1-10(2)11(3,4)16-12(15-10)9(13)8-6-5-7-14-8/h5-7,9,14H,13H2,1-4H3/t9-/m1/s1. The summed E-state index contributed by atoms with van der Waals surface area (Å²) in [5.41, 5.74) is 6.37. The predicted octanol–water partition coefficient (Wildman–Crippen LogP) is 1.65. The highest BCUT2D eigenvalue weighted by Gasteiger charge is 2.53. The maximum absolute atomic E-state index is 6.11. The first-order chi connectivity index (χ1) is 7.33. The monoisotopic (exact) mass is 222 g/mol.